The minimum atomic E-state index is -0.425. The van der Waals surface area contributed by atoms with Gasteiger partial charge in [0, 0.05) is 32.7 Å². The molecule has 4 rings (SSSR count). The van der Waals surface area contributed by atoms with Crippen LogP contribution >= 0.6 is 11.3 Å². The molecule has 1 amide bonds. The molecule has 6 nitrogen and oxygen atoms in total. The Labute approximate surface area is 186 Å². The van der Waals surface area contributed by atoms with E-state index in [2.05, 4.69) is 39.4 Å². The van der Waals surface area contributed by atoms with Gasteiger partial charge in [0.05, 0.1) is 28.9 Å². The fourth-order valence-electron chi connectivity index (χ4n) is 3.74. The van der Waals surface area contributed by atoms with Crippen molar-refractivity contribution < 1.29 is 14.3 Å². The van der Waals surface area contributed by atoms with Crippen LogP contribution < -0.4 is 10.2 Å². The first-order chi connectivity index (χ1) is 15.1. The van der Waals surface area contributed by atoms with E-state index in [1.54, 1.807) is 18.2 Å². The lowest BCUT2D eigenvalue weighted by Crippen LogP contribution is -2.46. The molecular formula is C24H25N3O3S. The second-order valence-corrected chi connectivity index (χ2v) is 8.35. The van der Waals surface area contributed by atoms with E-state index < -0.39 is 5.97 Å². The van der Waals surface area contributed by atoms with Crippen LogP contribution in [-0.2, 0) is 11.3 Å². The van der Waals surface area contributed by atoms with E-state index >= 15 is 0 Å². The van der Waals surface area contributed by atoms with Crippen molar-refractivity contribution in [3.63, 3.8) is 0 Å². The zero-order valence-electron chi connectivity index (χ0n) is 17.4. The molecule has 1 N–H and O–H groups in total. The van der Waals surface area contributed by atoms with Crippen LogP contribution in [0.4, 0.5) is 11.4 Å². The lowest BCUT2D eigenvalue weighted by molar-refractivity contribution is 0.0600. The fraction of sp³-hybridized carbons (Fsp3) is 0.250. The maximum atomic E-state index is 12.7. The zero-order chi connectivity index (χ0) is 21.6. The fourth-order valence-corrected chi connectivity index (χ4v) is 4.36. The highest BCUT2D eigenvalue weighted by Gasteiger charge is 2.22. The van der Waals surface area contributed by atoms with Gasteiger partial charge in [-0.25, -0.2) is 4.79 Å². The van der Waals surface area contributed by atoms with Crippen molar-refractivity contribution in [2.24, 2.45) is 0 Å². The minimum Gasteiger partial charge on any atom is -0.465 e. The van der Waals surface area contributed by atoms with Crippen LogP contribution in [0.1, 0.15) is 25.6 Å². The summed E-state index contributed by atoms with van der Waals surface area (Å²) in [5, 5.41) is 4.86. The Morgan fingerprint density at radius 2 is 1.77 bits per heavy atom. The summed E-state index contributed by atoms with van der Waals surface area (Å²) in [6.45, 7) is 4.45. The predicted molar refractivity (Wildman–Crippen MR) is 124 cm³/mol. The van der Waals surface area contributed by atoms with Crippen molar-refractivity contribution >= 4 is 34.6 Å². The second-order valence-electron chi connectivity index (χ2n) is 7.40. The molecule has 1 aromatic heterocycles. The number of carbonyl (C=O) groups excluding carboxylic acids is 2. The molecule has 3 aromatic rings. The number of anilines is 2. The third-order valence-corrected chi connectivity index (χ3v) is 6.24. The molecule has 0 aliphatic carbocycles. The number of methoxy groups -OCH3 is 1. The predicted octanol–water partition coefficient (Wildman–Crippen LogP) is 4.11. The zero-order valence-corrected chi connectivity index (χ0v) is 18.2. The van der Waals surface area contributed by atoms with Crippen molar-refractivity contribution in [2.45, 2.75) is 6.54 Å². The Balaban J connectivity index is 1.50. The summed E-state index contributed by atoms with van der Waals surface area (Å²) >= 11 is 1.38. The summed E-state index contributed by atoms with van der Waals surface area (Å²) in [7, 11) is 1.35. The number of nitrogens with one attached hydrogen (secondary N) is 1. The second kappa shape index (κ2) is 9.76. The molecule has 0 spiro atoms. The van der Waals surface area contributed by atoms with E-state index in [0.717, 1.165) is 38.4 Å². The van der Waals surface area contributed by atoms with E-state index in [0.29, 0.717) is 16.1 Å². The van der Waals surface area contributed by atoms with Gasteiger partial charge in [0.2, 0.25) is 0 Å². The monoisotopic (exact) mass is 435 g/mol. The standard InChI is InChI=1S/C24H25N3O3S/c1-30-24(29)19-9-10-21(20(16-19)25-23(28)22-8-5-15-31-22)27-13-11-26(12-14-27)17-18-6-3-2-4-7-18/h2-10,15-16H,11-14,17H2,1H3,(H,25,28). The Morgan fingerprint density at radius 1 is 1.00 bits per heavy atom. The summed E-state index contributed by atoms with van der Waals surface area (Å²) < 4.78 is 4.85. The molecule has 160 valence electrons. The molecule has 0 saturated carbocycles. The van der Waals surface area contributed by atoms with E-state index in [4.69, 9.17) is 4.74 Å². The largest absolute Gasteiger partial charge is 0.465 e. The van der Waals surface area contributed by atoms with Crippen LogP contribution in [-0.4, -0.2) is 50.1 Å². The SMILES string of the molecule is COC(=O)c1ccc(N2CCN(Cc3ccccc3)CC2)c(NC(=O)c2cccs2)c1. The molecule has 1 aliphatic heterocycles. The third kappa shape index (κ3) is 5.13. The lowest BCUT2D eigenvalue weighted by Gasteiger charge is -2.37. The van der Waals surface area contributed by atoms with E-state index in [1.807, 2.05) is 23.6 Å². The van der Waals surface area contributed by atoms with Gasteiger partial charge in [-0.2, -0.15) is 0 Å². The van der Waals surface area contributed by atoms with Crippen LogP contribution in [0.25, 0.3) is 0 Å². The maximum absolute atomic E-state index is 12.7. The number of piperazine rings is 1. The first kappa shape index (κ1) is 21.1. The number of nitrogens with zero attached hydrogens (tertiary/aromatic N) is 2. The number of hydrogen-bond acceptors (Lipinski definition) is 6. The molecule has 0 atom stereocenters. The van der Waals surface area contributed by atoms with Crippen LogP contribution in [0.3, 0.4) is 0 Å². The van der Waals surface area contributed by atoms with Crippen LogP contribution in [0, 0.1) is 0 Å². The summed E-state index contributed by atoms with van der Waals surface area (Å²) in [6, 6.07) is 19.4. The highest BCUT2D eigenvalue weighted by molar-refractivity contribution is 7.12. The molecule has 1 aliphatic rings. The average molecular weight is 436 g/mol. The summed E-state index contributed by atoms with van der Waals surface area (Å²) in [4.78, 5) is 30.0. The molecule has 31 heavy (non-hydrogen) atoms. The van der Waals surface area contributed by atoms with Crippen molar-refractivity contribution in [3.8, 4) is 0 Å². The Hall–Kier alpha value is -3.16. The molecular weight excluding hydrogens is 410 g/mol. The number of hydrogen-bond donors (Lipinski definition) is 1. The molecule has 7 heteroatoms. The van der Waals surface area contributed by atoms with Gasteiger partial charge in [-0.1, -0.05) is 36.4 Å². The first-order valence-electron chi connectivity index (χ1n) is 10.2. The van der Waals surface area contributed by atoms with Crippen LogP contribution in [0.2, 0.25) is 0 Å². The first-order valence-corrected chi connectivity index (χ1v) is 11.1. The van der Waals surface area contributed by atoms with Gasteiger partial charge < -0.3 is 15.0 Å². The molecule has 2 aromatic carbocycles. The highest BCUT2D eigenvalue weighted by atomic mass is 32.1. The lowest BCUT2D eigenvalue weighted by atomic mass is 10.1. The Kier molecular flexibility index (Phi) is 6.64. The third-order valence-electron chi connectivity index (χ3n) is 5.37. The molecule has 2 heterocycles. The number of amides is 1. The summed E-state index contributed by atoms with van der Waals surface area (Å²) in [5.41, 5.74) is 3.26. The number of benzene rings is 2. The number of rotatable bonds is 6. The smallest absolute Gasteiger partial charge is 0.337 e. The number of ether oxygens (including phenoxy) is 1. The van der Waals surface area contributed by atoms with Crippen molar-refractivity contribution in [3.05, 3.63) is 82.0 Å². The number of carbonyl (C=O) groups is 2. The van der Waals surface area contributed by atoms with Gasteiger partial charge in [0.25, 0.3) is 5.91 Å². The number of thiophene rings is 1. The summed E-state index contributed by atoms with van der Waals surface area (Å²) in [5.74, 6) is -0.605. The minimum absolute atomic E-state index is 0.180. The Morgan fingerprint density at radius 3 is 2.45 bits per heavy atom. The van der Waals surface area contributed by atoms with E-state index in [9.17, 15) is 9.59 Å². The van der Waals surface area contributed by atoms with E-state index in [1.165, 1.54) is 24.0 Å². The molecule has 1 fully saturated rings. The van der Waals surface area contributed by atoms with Crippen molar-refractivity contribution in [1.82, 2.24) is 4.90 Å². The molecule has 0 bridgehead atoms. The van der Waals surface area contributed by atoms with Gasteiger partial charge in [0.1, 0.15) is 0 Å². The Bertz CT molecular complexity index is 1030. The highest BCUT2D eigenvalue weighted by Crippen LogP contribution is 2.30. The average Bonchev–Trinajstić information content (AvgIpc) is 3.35. The normalized spacial score (nSPS) is 14.3. The van der Waals surface area contributed by atoms with Gasteiger partial charge in [-0.05, 0) is 35.2 Å². The molecule has 0 unspecified atom stereocenters. The summed E-state index contributed by atoms with van der Waals surface area (Å²) in [6.07, 6.45) is 0. The van der Waals surface area contributed by atoms with Crippen molar-refractivity contribution in [2.75, 3.05) is 43.5 Å². The maximum Gasteiger partial charge on any atom is 0.337 e. The van der Waals surface area contributed by atoms with Gasteiger partial charge in [-0.15, -0.1) is 11.3 Å². The topological polar surface area (TPSA) is 61.9 Å². The van der Waals surface area contributed by atoms with Gasteiger partial charge >= 0.3 is 5.97 Å². The van der Waals surface area contributed by atoms with Crippen molar-refractivity contribution in [1.29, 1.82) is 0 Å². The van der Waals surface area contributed by atoms with Gasteiger partial charge in [-0.3, -0.25) is 9.69 Å². The quantitative estimate of drug-likeness (QED) is 0.591. The molecule has 1 saturated heterocycles. The molecule has 0 radical (unpaired) electrons. The van der Waals surface area contributed by atoms with E-state index in [-0.39, 0.29) is 5.91 Å². The number of esters is 1. The van der Waals surface area contributed by atoms with Gasteiger partial charge in [0.15, 0.2) is 0 Å². The van der Waals surface area contributed by atoms with Crippen LogP contribution in [0.5, 0.6) is 0 Å². The van der Waals surface area contributed by atoms with Crippen LogP contribution in [0.15, 0.2) is 66.0 Å².